The summed E-state index contributed by atoms with van der Waals surface area (Å²) in [6.07, 6.45) is 9.79. The van der Waals surface area contributed by atoms with Gasteiger partial charge in [-0.3, -0.25) is 4.40 Å². The van der Waals surface area contributed by atoms with Gasteiger partial charge in [0.1, 0.15) is 0 Å². The second kappa shape index (κ2) is 4.07. The second-order valence-electron chi connectivity index (χ2n) is 6.53. The number of hydrogen-bond donors (Lipinski definition) is 1. The number of fused-ring (bicyclic) bond motifs is 1. The van der Waals surface area contributed by atoms with E-state index in [0.717, 1.165) is 29.9 Å². The Morgan fingerprint density at radius 1 is 1.33 bits per heavy atom. The van der Waals surface area contributed by atoms with Crippen molar-refractivity contribution in [2.45, 2.75) is 51.5 Å². The fraction of sp³-hybridized carbons (Fsp3) is 0.643. The van der Waals surface area contributed by atoms with Gasteiger partial charge in [-0.2, -0.15) is 0 Å². The molecule has 2 aromatic heterocycles. The van der Waals surface area contributed by atoms with E-state index in [-0.39, 0.29) is 5.54 Å². The van der Waals surface area contributed by atoms with Crippen LogP contribution in [0.4, 0.5) is 0 Å². The van der Waals surface area contributed by atoms with E-state index in [2.05, 4.69) is 41.0 Å². The van der Waals surface area contributed by atoms with Crippen molar-refractivity contribution in [1.29, 1.82) is 0 Å². The summed E-state index contributed by atoms with van der Waals surface area (Å²) in [5.74, 6) is 0. The molecule has 0 bridgehead atoms. The van der Waals surface area contributed by atoms with Crippen molar-refractivity contribution < 1.29 is 0 Å². The molecule has 1 aliphatic carbocycles. The van der Waals surface area contributed by atoms with E-state index in [1.807, 2.05) is 0 Å². The van der Waals surface area contributed by atoms with Gasteiger partial charge in [0.2, 0.25) is 0 Å². The quantitative estimate of drug-likeness (QED) is 0.904. The van der Waals surface area contributed by atoms with Gasteiger partial charge in [-0.1, -0.05) is 13.8 Å². The maximum atomic E-state index is 6.56. The van der Waals surface area contributed by atoms with Crippen LogP contribution in [0.5, 0.6) is 0 Å². The highest BCUT2D eigenvalue weighted by Crippen LogP contribution is 2.40. The third-order valence-electron chi connectivity index (χ3n) is 4.28. The first-order valence-corrected chi connectivity index (χ1v) is 7.54. The lowest BCUT2D eigenvalue weighted by atomic mass is 9.68. The first-order valence-electron chi connectivity index (χ1n) is 6.66. The molecule has 98 valence electrons. The Morgan fingerprint density at radius 3 is 2.72 bits per heavy atom. The number of nitrogens with zero attached hydrogens (tertiary/aromatic N) is 2. The van der Waals surface area contributed by atoms with Gasteiger partial charge in [0, 0.05) is 29.7 Å². The number of nitrogens with two attached hydrogens (primary N) is 1. The molecule has 0 amide bonds. The molecule has 0 atom stereocenters. The third-order valence-corrected chi connectivity index (χ3v) is 5.05. The summed E-state index contributed by atoms with van der Waals surface area (Å²) in [5, 5.41) is 2.06. The Bertz CT molecular complexity index is 514. The minimum absolute atomic E-state index is 0.0421. The molecule has 18 heavy (non-hydrogen) atoms. The molecular formula is C14H21N3S. The average Bonchev–Trinajstić information content (AvgIpc) is 2.84. The van der Waals surface area contributed by atoms with Crippen LogP contribution in [-0.4, -0.2) is 14.9 Å². The molecule has 4 heteroatoms. The maximum Gasteiger partial charge on any atom is 0.193 e. The molecule has 1 aliphatic rings. The lowest BCUT2D eigenvalue weighted by molar-refractivity contribution is 0.164. The van der Waals surface area contributed by atoms with E-state index >= 15 is 0 Å². The molecule has 1 fully saturated rings. The van der Waals surface area contributed by atoms with Crippen LogP contribution >= 0.6 is 11.3 Å². The average molecular weight is 263 g/mol. The highest BCUT2D eigenvalue weighted by atomic mass is 32.1. The summed E-state index contributed by atoms with van der Waals surface area (Å²) in [6.45, 7) is 4.69. The largest absolute Gasteiger partial charge is 0.325 e. The van der Waals surface area contributed by atoms with Crippen molar-refractivity contribution in [3.05, 3.63) is 23.5 Å². The van der Waals surface area contributed by atoms with Gasteiger partial charge in [0.05, 0.1) is 5.69 Å². The first-order chi connectivity index (χ1) is 8.46. The lowest BCUT2D eigenvalue weighted by Gasteiger charge is -2.41. The summed E-state index contributed by atoms with van der Waals surface area (Å²) in [4.78, 5) is 5.72. The highest BCUT2D eigenvalue weighted by molar-refractivity contribution is 7.15. The number of imidazole rings is 1. The maximum absolute atomic E-state index is 6.56. The van der Waals surface area contributed by atoms with E-state index in [1.54, 1.807) is 11.3 Å². The third kappa shape index (κ3) is 2.31. The van der Waals surface area contributed by atoms with Gasteiger partial charge in [-0.25, -0.2) is 4.98 Å². The molecule has 2 N–H and O–H groups in total. The van der Waals surface area contributed by atoms with Crippen LogP contribution in [0.15, 0.2) is 17.8 Å². The van der Waals surface area contributed by atoms with Crippen molar-refractivity contribution in [3.8, 4) is 0 Å². The number of hydrogen-bond acceptors (Lipinski definition) is 3. The molecular weight excluding hydrogens is 242 g/mol. The standard InChI is InChI=1S/C14H21N3S/c1-13(2)3-5-14(15,6-4-13)9-11-10-17-7-8-18-12(17)16-11/h7-8,10H,3-6,9,15H2,1-2H3. The van der Waals surface area contributed by atoms with Gasteiger partial charge < -0.3 is 5.73 Å². The van der Waals surface area contributed by atoms with Crippen molar-refractivity contribution in [2.24, 2.45) is 11.1 Å². The summed E-state index contributed by atoms with van der Waals surface area (Å²) in [6, 6.07) is 0. The van der Waals surface area contributed by atoms with Crippen LogP contribution < -0.4 is 5.73 Å². The van der Waals surface area contributed by atoms with Gasteiger partial charge in [0.15, 0.2) is 4.96 Å². The molecule has 0 saturated heterocycles. The minimum Gasteiger partial charge on any atom is -0.325 e. The van der Waals surface area contributed by atoms with Gasteiger partial charge in [0.25, 0.3) is 0 Å². The van der Waals surface area contributed by atoms with E-state index in [9.17, 15) is 0 Å². The van der Waals surface area contributed by atoms with Gasteiger partial charge >= 0.3 is 0 Å². The highest BCUT2D eigenvalue weighted by Gasteiger charge is 2.35. The fourth-order valence-electron chi connectivity index (χ4n) is 2.82. The molecule has 2 aromatic rings. The normalized spacial score (nSPS) is 22.4. The minimum atomic E-state index is -0.0421. The molecule has 0 aliphatic heterocycles. The molecule has 1 saturated carbocycles. The van der Waals surface area contributed by atoms with E-state index < -0.39 is 0 Å². The predicted octanol–water partition coefficient (Wildman–Crippen LogP) is 3.24. The van der Waals surface area contributed by atoms with Crippen molar-refractivity contribution in [1.82, 2.24) is 9.38 Å². The van der Waals surface area contributed by atoms with Crippen molar-refractivity contribution in [3.63, 3.8) is 0 Å². The molecule has 2 heterocycles. The smallest absolute Gasteiger partial charge is 0.193 e. The predicted molar refractivity (Wildman–Crippen MR) is 75.9 cm³/mol. The SMILES string of the molecule is CC1(C)CCC(N)(Cc2cn3ccsc3n2)CC1. The molecule has 0 spiro atoms. The summed E-state index contributed by atoms with van der Waals surface area (Å²) < 4.78 is 2.09. The van der Waals surface area contributed by atoms with Crippen LogP contribution in [0.1, 0.15) is 45.2 Å². The summed E-state index contributed by atoms with van der Waals surface area (Å²) >= 11 is 1.68. The Labute approximate surface area is 112 Å². The Kier molecular flexibility index (Phi) is 2.75. The number of thiazole rings is 1. The van der Waals surface area contributed by atoms with Gasteiger partial charge in [-0.15, -0.1) is 11.3 Å². The van der Waals surface area contributed by atoms with Crippen LogP contribution in [-0.2, 0) is 6.42 Å². The van der Waals surface area contributed by atoms with E-state index in [4.69, 9.17) is 5.73 Å². The van der Waals surface area contributed by atoms with Crippen LogP contribution in [0, 0.1) is 5.41 Å². The Hall–Kier alpha value is -0.870. The van der Waals surface area contributed by atoms with Crippen LogP contribution in [0.25, 0.3) is 4.96 Å². The first kappa shape index (κ1) is 12.2. The van der Waals surface area contributed by atoms with Crippen LogP contribution in [0.3, 0.4) is 0 Å². The molecule has 3 nitrogen and oxygen atoms in total. The zero-order valence-electron chi connectivity index (χ0n) is 11.1. The molecule has 3 rings (SSSR count). The topological polar surface area (TPSA) is 43.3 Å². The molecule has 0 unspecified atom stereocenters. The van der Waals surface area contributed by atoms with Crippen LogP contribution in [0.2, 0.25) is 0 Å². The number of rotatable bonds is 2. The fourth-order valence-corrected chi connectivity index (χ4v) is 3.54. The zero-order valence-corrected chi connectivity index (χ0v) is 12.0. The van der Waals surface area contributed by atoms with Gasteiger partial charge in [-0.05, 0) is 31.1 Å². The number of aromatic nitrogens is 2. The van der Waals surface area contributed by atoms with E-state index in [1.165, 1.54) is 12.8 Å². The van der Waals surface area contributed by atoms with Crippen molar-refractivity contribution >= 4 is 16.3 Å². The lowest BCUT2D eigenvalue weighted by Crippen LogP contribution is -2.46. The molecule has 0 aromatic carbocycles. The summed E-state index contributed by atoms with van der Waals surface area (Å²) in [7, 11) is 0. The van der Waals surface area contributed by atoms with Crippen molar-refractivity contribution in [2.75, 3.05) is 0 Å². The monoisotopic (exact) mass is 263 g/mol. The van der Waals surface area contributed by atoms with E-state index in [0.29, 0.717) is 5.41 Å². The summed E-state index contributed by atoms with van der Waals surface area (Å²) in [5.41, 5.74) is 8.13. The Balaban J connectivity index is 1.74. The Morgan fingerprint density at radius 2 is 2.06 bits per heavy atom. The second-order valence-corrected chi connectivity index (χ2v) is 7.40. The molecule has 0 radical (unpaired) electrons. The zero-order chi connectivity index (χ0) is 12.8.